The second-order valence-electron chi connectivity index (χ2n) is 9.03. The minimum Gasteiger partial charge on any atom is -0.422 e. The van der Waals surface area contributed by atoms with Gasteiger partial charge in [-0.15, -0.1) is 11.3 Å². The quantitative estimate of drug-likeness (QED) is 0.393. The molecule has 0 unspecified atom stereocenters. The molecule has 0 fully saturated rings. The molecule has 1 atom stereocenters. The van der Waals surface area contributed by atoms with Gasteiger partial charge in [-0.3, -0.25) is 4.79 Å². The number of aryl methyl sites for hydroxylation is 1. The molecule has 3 heterocycles. The smallest absolute Gasteiger partial charge is 0.347 e. The van der Waals surface area contributed by atoms with Crippen molar-refractivity contribution in [3.05, 3.63) is 60.5 Å². The van der Waals surface area contributed by atoms with Crippen LogP contribution in [0.5, 0.6) is 0 Å². The number of aromatic nitrogens is 2. The van der Waals surface area contributed by atoms with Gasteiger partial charge in [0.15, 0.2) is 0 Å². The zero-order valence-corrected chi connectivity index (χ0v) is 18.5. The van der Waals surface area contributed by atoms with Crippen LogP contribution in [0, 0.1) is 11.3 Å². The molecule has 1 aliphatic rings. The summed E-state index contributed by atoms with van der Waals surface area (Å²) in [5, 5.41) is 1.89. The number of nitrogens with one attached hydrogen (secondary N) is 1. The minimum atomic E-state index is -0.540. The molecule has 0 amide bonds. The number of hydrogen-bond donors (Lipinski definition) is 1. The molecule has 0 aliphatic heterocycles. The van der Waals surface area contributed by atoms with E-state index in [1.54, 1.807) is 35.6 Å². The lowest BCUT2D eigenvalue weighted by Gasteiger charge is -2.33. The summed E-state index contributed by atoms with van der Waals surface area (Å²) in [6.07, 6.45) is 2.92. The summed E-state index contributed by atoms with van der Waals surface area (Å²) in [7, 11) is 0. The summed E-state index contributed by atoms with van der Waals surface area (Å²) in [5.74, 6) is 0.808. The van der Waals surface area contributed by atoms with E-state index in [2.05, 4.69) is 30.7 Å². The molecular formula is C23H21ClN2O3S. The van der Waals surface area contributed by atoms with E-state index in [0.29, 0.717) is 32.1 Å². The zero-order chi connectivity index (χ0) is 21.2. The molecule has 3 aromatic heterocycles. The minimum absolute atomic E-state index is 0.202. The van der Waals surface area contributed by atoms with Gasteiger partial charge in [0.05, 0.1) is 5.39 Å². The maximum Gasteiger partial charge on any atom is 0.347 e. The highest BCUT2D eigenvalue weighted by atomic mass is 35.5. The van der Waals surface area contributed by atoms with Crippen LogP contribution in [-0.4, -0.2) is 9.97 Å². The lowest BCUT2D eigenvalue weighted by molar-refractivity contribution is 0.218. The molecule has 0 bridgehead atoms. The van der Waals surface area contributed by atoms with Crippen molar-refractivity contribution >= 4 is 44.1 Å². The zero-order valence-electron chi connectivity index (χ0n) is 17.0. The number of aromatic amines is 1. The van der Waals surface area contributed by atoms with E-state index in [9.17, 15) is 9.59 Å². The Labute approximate surface area is 181 Å². The largest absolute Gasteiger partial charge is 0.422 e. The second-order valence-corrected chi connectivity index (χ2v) is 10.6. The summed E-state index contributed by atoms with van der Waals surface area (Å²) >= 11 is 7.64. The average Bonchev–Trinajstić information content (AvgIpc) is 3.05. The number of benzene rings is 1. The number of halogens is 1. The molecule has 0 spiro atoms. The van der Waals surface area contributed by atoms with Gasteiger partial charge >= 0.3 is 5.63 Å². The van der Waals surface area contributed by atoms with E-state index in [1.165, 1.54) is 4.88 Å². The lowest BCUT2D eigenvalue weighted by Crippen LogP contribution is -2.26. The monoisotopic (exact) mass is 440 g/mol. The fraction of sp³-hybridized carbons (Fsp3) is 0.348. The normalized spacial score (nSPS) is 16.9. The Balaban J connectivity index is 1.66. The van der Waals surface area contributed by atoms with Gasteiger partial charge in [0.1, 0.15) is 21.8 Å². The number of fused-ring (bicyclic) bond motifs is 4. The molecule has 1 N–H and O–H groups in total. The van der Waals surface area contributed by atoms with Crippen molar-refractivity contribution in [3.8, 4) is 11.4 Å². The molecule has 30 heavy (non-hydrogen) atoms. The predicted molar refractivity (Wildman–Crippen MR) is 122 cm³/mol. The highest BCUT2D eigenvalue weighted by Crippen LogP contribution is 2.42. The number of hydrogen-bond acceptors (Lipinski definition) is 5. The van der Waals surface area contributed by atoms with Gasteiger partial charge in [-0.1, -0.05) is 32.4 Å². The third-order valence-electron chi connectivity index (χ3n) is 6.09. The Hall–Kier alpha value is -2.44. The van der Waals surface area contributed by atoms with Gasteiger partial charge < -0.3 is 9.40 Å². The number of thiophene rings is 1. The van der Waals surface area contributed by atoms with E-state index in [-0.39, 0.29) is 22.4 Å². The molecule has 5 rings (SSSR count). The fourth-order valence-electron chi connectivity index (χ4n) is 4.31. The molecular weight excluding hydrogens is 420 g/mol. The van der Waals surface area contributed by atoms with Crippen LogP contribution < -0.4 is 11.2 Å². The Bertz CT molecular complexity index is 1420. The van der Waals surface area contributed by atoms with Crippen molar-refractivity contribution in [1.82, 2.24) is 9.97 Å². The van der Waals surface area contributed by atoms with Crippen molar-refractivity contribution in [3.63, 3.8) is 0 Å². The third-order valence-corrected chi connectivity index (χ3v) is 7.48. The highest BCUT2D eigenvalue weighted by Gasteiger charge is 2.31. The summed E-state index contributed by atoms with van der Waals surface area (Å²) in [6, 6.07) is 6.71. The van der Waals surface area contributed by atoms with Crippen molar-refractivity contribution in [2.45, 2.75) is 40.0 Å². The van der Waals surface area contributed by atoms with Crippen molar-refractivity contribution in [1.29, 1.82) is 0 Å². The van der Waals surface area contributed by atoms with Crippen LogP contribution in [0.2, 0.25) is 5.02 Å². The maximum absolute atomic E-state index is 13.0. The Morgan fingerprint density at radius 2 is 2.03 bits per heavy atom. The first-order valence-corrected chi connectivity index (χ1v) is 11.2. The van der Waals surface area contributed by atoms with Gasteiger partial charge in [0, 0.05) is 15.3 Å². The first-order chi connectivity index (χ1) is 14.2. The summed E-state index contributed by atoms with van der Waals surface area (Å²) in [4.78, 5) is 34.9. The molecule has 7 heteroatoms. The van der Waals surface area contributed by atoms with Gasteiger partial charge in [-0.25, -0.2) is 9.78 Å². The van der Waals surface area contributed by atoms with E-state index in [0.717, 1.165) is 24.8 Å². The van der Waals surface area contributed by atoms with Crippen LogP contribution in [0.4, 0.5) is 0 Å². The number of rotatable bonds is 1. The van der Waals surface area contributed by atoms with E-state index < -0.39 is 5.63 Å². The summed E-state index contributed by atoms with van der Waals surface area (Å²) in [5.41, 5.74) is 1.27. The lowest BCUT2D eigenvalue weighted by atomic mass is 9.72. The maximum atomic E-state index is 13.0. The number of H-pyrrole nitrogens is 1. The molecule has 0 radical (unpaired) electrons. The third kappa shape index (κ3) is 3.19. The van der Waals surface area contributed by atoms with E-state index in [1.807, 2.05) is 0 Å². The van der Waals surface area contributed by atoms with E-state index >= 15 is 0 Å². The standard InChI is InChI=1S/C23H21ClN2O3S/c1-23(2,3)12-4-6-14-17(10-12)30-21-18(14)20(27)25-19(26-21)15-9-11-8-13(24)5-7-16(11)29-22(15)28/h5,7-9,12H,4,6,10H2,1-3H3,(H,25,26,27)/t12-/m0/s1. The predicted octanol–water partition coefficient (Wildman–Crippen LogP) is 5.56. The van der Waals surface area contributed by atoms with Crippen molar-refractivity contribution in [2.75, 3.05) is 0 Å². The molecule has 1 aromatic carbocycles. The Morgan fingerprint density at radius 3 is 2.80 bits per heavy atom. The highest BCUT2D eigenvalue weighted by molar-refractivity contribution is 7.18. The van der Waals surface area contributed by atoms with Crippen molar-refractivity contribution < 1.29 is 4.42 Å². The van der Waals surface area contributed by atoms with Gasteiger partial charge in [-0.05, 0) is 60.4 Å². The van der Waals surface area contributed by atoms with Crippen LogP contribution >= 0.6 is 22.9 Å². The molecule has 4 aromatic rings. The Morgan fingerprint density at radius 1 is 1.23 bits per heavy atom. The first-order valence-electron chi connectivity index (χ1n) is 9.99. The molecule has 0 saturated heterocycles. The fourth-order valence-corrected chi connectivity index (χ4v) is 5.79. The SMILES string of the molecule is CC(C)(C)[C@H]1CCc2c(sc3nc(-c4cc5cc(Cl)ccc5oc4=O)[nH]c(=O)c23)C1. The van der Waals surface area contributed by atoms with Crippen LogP contribution in [0.3, 0.4) is 0 Å². The number of nitrogens with zero attached hydrogens (tertiary/aromatic N) is 1. The summed E-state index contributed by atoms with van der Waals surface area (Å²) in [6.45, 7) is 6.80. The summed E-state index contributed by atoms with van der Waals surface area (Å²) < 4.78 is 5.41. The van der Waals surface area contributed by atoms with Crippen LogP contribution in [0.15, 0.2) is 38.3 Å². The first kappa shape index (κ1) is 19.5. The Kier molecular flexibility index (Phi) is 4.42. The van der Waals surface area contributed by atoms with E-state index in [4.69, 9.17) is 16.0 Å². The topological polar surface area (TPSA) is 76.0 Å². The van der Waals surface area contributed by atoms with Gasteiger partial charge in [0.25, 0.3) is 5.56 Å². The van der Waals surface area contributed by atoms with Gasteiger partial charge in [-0.2, -0.15) is 0 Å². The molecule has 154 valence electrons. The molecule has 0 saturated carbocycles. The second kappa shape index (κ2) is 6.79. The van der Waals surface area contributed by atoms with Crippen molar-refractivity contribution in [2.24, 2.45) is 11.3 Å². The average molecular weight is 441 g/mol. The van der Waals surface area contributed by atoms with Crippen LogP contribution in [0.25, 0.3) is 32.6 Å². The van der Waals surface area contributed by atoms with Gasteiger partial charge in [0.2, 0.25) is 0 Å². The molecule has 5 nitrogen and oxygen atoms in total. The van der Waals surface area contributed by atoms with Crippen LogP contribution in [-0.2, 0) is 12.8 Å². The molecule has 1 aliphatic carbocycles. The van der Waals surface area contributed by atoms with Crippen LogP contribution in [0.1, 0.15) is 37.6 Å².